The molecule has 0 saturated heterocycles. The number of unbranched alkanes of at least 4 members (excludes halogenated alkanes) is 1. The molecule has 0 aliphatic heterocycles. The Balaban J connectivity index is 1.77. The fraction of sp³-hybridized carbons (Fsp3) is 0.333. The molecule has 0 atom stereocenters. The molecule has 0 bridgehead atoms. The van der Waals surface area contributed by atoms with E-state index >= 15 is 0 Å². The highest BCUT2D eigenvalue weighted by atomic mass is 16.6. The molecule has 0 aromatic carbocycles. The first-order chi connectivity index (χ1) is 10.6. The molecule has 0 saturated carbocycles. The van der Waals surface area contributed by atoms with E-state index in [2.05, 4.69) is 10.3 Å². The summed E-state index contributed by atoms with van der Waals surface area (Å²) in [6.07, 6.45) is 4.78. The van der Waals surface area contributed by atoms with Crippen molar-refractivity contribution in [1.82, 2.24) is 9.55 Å². The lowest BCUT2D eigenvalue weighted by Gasteiger charge is -2.07. The van der Waals surface area contributed by atoms with Gasteiger partial charge < -0.3 is 9.88 Å². The Morgan fingerprint density at radius 2 is 2.18 bits per heavy atom. The van der Waals surface area contributed by atoms with E-state index < -0.39 is 4.92 Å². The van der Waals surface area contributed by atoms with Gasteiger partial charge in [-0.1, -0.05) is 6.07 Å². The average Bonchev–Trinajstić information content (AvgIpc) is 2.48. The summed E-state index contributed by atoms with van der Waals surface area (Å²) < 4.78 is 1.67. The van der Waals surface area contributed by atoms with Crippen molar-refractivity contribution in [2.24, 2.45) is 0 Å². The number of aryl methyl sites for hydroxylation is 2. The molecule has 0 radical (unpaired) electrons. The maximum atomic E-state index is 11.5. The van der Waals surface area contributed by atoms with E-state index in [1.807, 2.05) is 6.07 Å². The van der Waals surface area contributed by atoms with Gasteiger partial charge in [0.2, 0.25) is 5.56 Å². The van der Waals surface area contributed by atoms with Crippen molar-refractivity contribution < 1.29 is 4.92 Å². The molecule has 116 valence electrons. The highest BCUT2D eigenvalue weighted by molar-refractivity contribution is 5.46. The van der Waals surface area contributed by atoms with Crippen LogP contribution in [0.15, 0.2) is 41.5 Å². The van der Waals surface area contributed by atoms with Crippen LogP contribution in [0.1, 0.15) is 18.4 Å². The Labute approximate surface area is 127 Å². The van der Waals surface area contributed by atoms with Crippen molar-refractivity contribution in [2.45, 2.75) is 26.3 Å². The van der Waals surface area contributed by atoms with Crippen molar-refractivity contribution in [3.8, 4) is 0 Å². The first kappa shape index (κ1) is 15.7. The molecule has 7 heteroatoms. The Kier molecular flexibility index (Phi) is 5.24. The molecular weight excluding hydrogens is 284 g/mol. The van der Waals surface area contributed by atoms with Gasteiger partial charge in [0.05, 0.1) is 4.92 Å². The first-order valence-electron chi connectivity index (χ1n) is 7.08. The van der Waals surface area contributed by atoms with E-state index in [4.69, 9.17) is 0 Å². The van der Waals surface area contributed by atoms with E-state index in [1.54, 1.807) is 35.9 Å². The third kappa shape index (κ3) is 4.15. The molecule has 2 heterocycles. The Morgan fingerprint density at radius 3 is 2.86 bits per heavy atom. The maximum Gasteiger partial charge on any atom is 0.290 e. The summed E-state index contributed by atoms with van der Waals surface area (Å²) in [7, 11) is 0. The van der Waals surface area contributed by atoms with Crippen molar-refractivity contribution in [3.63, 3.8) is 0 Å². The second kappa shape index (κ2) is 7.35. The molecule has 2 rings (SSSR count). The fourth-order valence-corrected chi connectivity index (χ4v) is 2.11. The lowest BCUT2D eigenvalue weighted by molar-refractivity contribution is -0.385. The third-order valence-corrected chi connectivity index (χ3v) is 3.31. The summed E-state index contributed by atoms with van der Waals surface area (Å²) in [6, 6.07) is 6.77. The lowest BCUT2D eigenvalue weighted by Crippen LogP contribution is -2.18. The molecule has 1 N–H and O–H groups in total. The van der Waals surface area contributed by atoms with Crippen molar-refractivity contribution in [2.75, 3.05) is 11.9 Å². The predicted molar refractivity (Wildman–Crippen MR) is 84.1 cm³/mol. The molecule has 0 aliphatic carbocycles. The second-order valence-electron chi connectivity index (χ2n) is 4.98. The maximum absolute atomic E-state index is 11.5. The smallest absolute Gasteiger partial charge is 0.290 e. The molecule has 22 heavy (non-hydrogen) atoms. The number of rotatable bonds is 7. The SMILES string of the molecule is Cc1cc(NCCCCn2ccccc2=O)ncc1[N+](=O)[O-]. The number of anilines is 1. The Bertz CT molecular complexity index is 712. The number of hydrogen-bond acceptors (Lipinski definition) is 5. The topological polar surface area (TPSA) is 90.1 Å². The molecule has 2 aromatic heterocycles. The number of nitrogens with one attached hydrogen (secondary N) is 1. The van der Waals surface area contributed by atoms with Gasteiger partial charge in [-0.2, -0.15) is 0 Å². The molecule has 0 fully saturated rings. The quantitative estimate of drug-likeness (QED) is 0.481. The molecule has 2 aromatic rings. The largest absolute Gasteiger partial charge is 0.370 e. The van der Waals surface area contributed by atoms with Gasteiger partial charge in [0.15, 0.2) is 0 Å². The summed E-state index contributed by atoms with van der Waals surface area (Å²) in [4.78, 5) is 25.8. The molecule has 0 unspecified atom stereocenters. The van der Waals surface area contributed by atoms with E-state index in [-0.39, 0.29) is 11.2 Å². The predicted octanol–water partition coefficient (Wildman–Crippen LogP) is 2.35. The van der Waals surface area contributed by atoms with Crippen LogP contribution in [0.5, 0.6) is 0 Å². The second-order valence-corrected chi connectivity index (χ2v) is 4.98. The summed E-state index contributed by atoms with van der Waals surface area (Å²) in [5, 5.41) is 13.8. The van der Waals surface area contributed by atoms with Gasteiger partial charge in [0.1, 0.15) is 12.0 Å². The van der Waals surface area contributed by atoms with Gasteiger partial charge in [-0.3, -0.25) is 14.9 Å². The van der Waals surface area contributed by atoms with Crippen molar-refractivity contribution in [3.05, 3.63) is 62.7 Å². The van der Waals surface area contributed by atoms with Crippen LogP contribution in [-0.4, -0.2) is 21.0 Å². The zero-order valence-electron chi connectivity index (χ0n) is 12.4. The summed E-state index contributed by atoms with van der Waals surface area (Å²) in [5.74, 6) is 0.625. The van der Waals surface area contributed by atoms with Crippen LogP contribution in [0.2, 0.25) is 0 Å². The summed E-state index contributed by atoms with van der Waals surface area (Å²) >= 11 is 0. The van der Waals surface area contributed by atoms with Crippen LogP contribution < -0.4 is 10.9 Å². The van der Waals surface area contributed by atoms with E-state index in [0.29, 0.717) is 24.5 Å². The average molecular weight is 302 g/mol. The van der Waals surface area contributed by atoms with Crippen molar-refractivity contribution in [1.29, 1.82) is 0 Å². The van der Waals surface area contributed by atoms with Crippen LogP contribution in [0, 0.1) is 17.0 Å². The molecular formula is C15H18N4O3. The number of hydrogen-bond donors (Lipinski definition) is 1. The number of nitrogens with zero attached hydrogens (tertiary/aromatic N) is 3. The van der Waals surface area contributed by atoms with Crippen LogP contribution in [-0.2, 0) is 6.54 Å². The third-order valence-electron chi connectivity index (χ3n) is 3.31. The molecule has 0 aliphatic rings. The minimum atomic E-state index is -0.441. The zero-order valence-corrected chi connectivity index (χ0v) is 12.4. The minimum absolute atomic E-state index is 0.00289. The Hall–Kier alpha value is -2.70. The van der Waals surface area contributed by atoms with E-state index in [0.717, 1.165) is 12.8 Å². The van der Waals surface area contributed by atoms with E-state index in [9.17, 15) is 14.9 Å². The van der Waals surface area contributed by atoms with Gasteiger partial charge in [-0.05, 0) is 31.9 Å². The first-order valence-corrected chi connectivity index (χ1v) is 7.08. The highest BCUT2D eigenvalue weighted by Crippen LogP contribution is 2.18. The van der Waals surface area contributed by atoms with Gasteiger partial charge in [-0.15, -0.1) is 0 Å². The van der Waals surface area contributed by atoms with Crippen LogP contribution in [0.4, 0.5) is 11.5 Å². The van der Waals surface area contributed by atoms with Crippen LogP contribution in [0.3, 0.4) is 0 Å². The molecule has 0 amide bonds. The van der Waals surface area contributed by atoms with Crippen LogP contribution >= 0.6 is 0 Å². The lowest BCUT2D eigenvalue weighted by atomic mass is 10.2. The molecule has 7 nitrogen and oxygen atoms in total. The minimum Gasteiger partial charge on any atom is -0.370 e. The van der Waals surface area contributed by atoms with Crippen molar-refractivity contribution >= 4 is 11.5 Å². The summed E-state index contributed by atoms with van der Waals surface area (Å²) in [5.41, 5.74) is 0.607. The van der Waals surface area contributed by atoms with Gasteiger partial charge >= 0.3 is 0 Å². The Morgan fingerprint density at radius 1 is 1.36 bits per heavy atom. The fourth-order valence-electron chi connectivity index (χ4n) is 2.11. The molecule has 0 spiro atoms. The van der Waals surface area contributed by atoms with Gasteiger partial charge in [0, 0.05) is 30.9 Å². The number of aromatic nitrogens is 2. The number of nitro groups is 1. The van der Waals surface area contributed by atoms with Gasteiger partial charge in [-0.25, -0.2) is 4.98 Å². The standard InChI is InChI=1S/C15H18N4O3/c1-12-10-14(17-11-13(12)19(21)22)16-7-3-5-9-18-8-4-2-6-15(18)20/h2,4,6,8,10-11H,3,5,7,9H2,1H3,(H,16,17). The number of pyridine rings is 2. The van der Waals surface area contributed by atoms with Crippen LogP contribution in [0.25, 0.3) is 0 Å². The summed E-state index contributed by atoms with van der Waals surface area (Å²) in [6.45, 7) is 3.06. The zero-order chi connectivity index (χ0) is 15.9. The van der Waals surface area contributed by atoms with Gasteiger partial charge in [0.25, 0.3) is 5.69 Å². The normalized spacial score (nSPS) is 10.4. The monoisotopic (exact) mass is 302 g/mol. The van der Waals surface area contributed by atoms with E-state index in [1.165, 1.54) is 6.20 Å². The highest BCUT2D eigenvalue weighted by Gasteiger charge is 2.10.